The van der Waals surface area contributed by atoms with Crippen molar-refractivity contribution in [3.8, 4) is 11.5 Å². The molecule has 2 aromatic rings. The number of hydrogen-bond donors (Lipinski definition) is 2. The van der Waals surface area contributed by atoms with Crippen LogP contribution in [0.2, 0.25) is 0 Å². The van der Waals surface area contributed by atoms with E-state index in [1.54, 1.807) is 26.3 Å². The number of guanidine groups is 1. The van der Waals surface area contributed by atoms with Crippen LogP contribution >= 0.6 is 0 Å². The highest BCUT2D eigenvalue weighted by Crippen LogP contribution is 2.34. The van der Waals surface area contributed by atoms with Crippen LogP contribution in [0.25, 0.3) is 0 Å². The molecule has 0 atom stereocenters. The van der Waals surface area contributed by atoms with E-state index < -0.39 is 0 Å². The predicted octanol–water partition coefficient (Wildman–Crippen LogP) is 3.13. The van der Waals surface area contributed by atoms with E-state index in [1.807, 2.05) is 30.3 Å². The summed E-state index contributed by atoms with van der Waals surface area (Å²) in [5.74, 6) is 2.06. The average Bonchev–Trinajstić information content (AvgIpc) is 2.79. The first-order chi connectivity index (χ1) is 14.6. The Morgan fingerprint density at radius 2 is 1.83 bits per heavy atom. The number of nitrogens with one attached hydrogen (secondary N) is 2. The third kappa shape index (κ3) is 5.86. The molecule has 7 heteroatoms. The second kappa shape index (κ2) is 10.8. The lowest BCUT2D eigenvalue weighted by atomic mass is 9.74. The van der Waals surface area contributed by atoms with E-state index in [-0.39, 0.29) is 11.2 Å². The Morgan fingerprint density at radius 3 is 2.50 bits per heavy atom. The third-order valence-corrected chi connectivity index (χ3v) is 5.43. The lowest BCUT2D eigenvalue weighted by Crippen LogP contribution is -2.48. The normalized spacial score (nSPS) is 16.0. The minimum absolute atomic E-state index is 0.183. The zero-order valence-corrected chi connectivity index (χ0v) is 17.6. The van der Waals surface area contributed by atoms with Gasteiger partial charge in [-0.25, -0.2) is 4.39 Å². The van der Waals surface area contributed by atoms with Gasteiger partial charge < -0.3 is 24.8 Å². The smallest absolute Gasteiger partial charge is 0.191 e. The molecule has 0 unspecified atom stereocenters. The SMILES string of the molecule is CN=C(NCCOc1ccc(OC)cc1)NCC1(c2cccc(F)c2)CCOCC1. The average molecular weight is 416 g/mol. The molecule has 0 saturated carbocycles. The molecule has 0 aromatic heterocycles. The summed E-state index contributed by atoms with van der Waals surface area (Å²) in [6.45, 7) is 3.08. The lowest BCUT2D eigenvalue weighted by molar-refractivity contribution is 0.0513. The fourth-order valence-corrected chi connectivity index (χ4v) is 3.63. The van der Waals surface area contributed by atoms with E-state index in [2.05, 4.69) is 15.6 Å². The minimum Gasteiger partial charge on any atom is -0.497 e. The van der Waals surface area contributed by atoms with E-state index in [4.69, 9.17) is 14.2 Å². The molecule has 1 heterocycles. The Kier molecular flexibility index (Phi) is 7.90. The van der Waals surface area contributed by atoms with E-state index in [9.17, 15) is 4.39 Å². The first-order valence-corrected chi connectivity index (χ1v) is 10.2. The van der Waals surface area contributed by atoms with Crippen molar-refractivity contribution in [2.75, 3.05) is 47.1 Å². The van der Waals surface area contributed by atoms with Gasteiger partial charge in [-0.1, -0.05) is 12.1 Å². The van der Waals surface area contributed by atoms with Crippen LogP contribution in [0, 0.1) is 5.82 Å². The summed E-state index contributed by atoms with van der Waals surface area (Å²) in [7, 11) is 3.37. The van der Waals surface area contributed by atoms with Crippen molar-refractivity contribution >= 4 is 5.96 Å². The Labute approximate surface area is 177 Å². The number of hydrogen-bond acceptors (Lipinski definition) is 4. The second-order valence-corrected chi connectivity index (χ2v) is 7.28. The van der Waals surface area contributed by atoms with Gasteiger partial charge in [0.05, 0.1) is 13.7 Å². The van der Waals surface area contributed by atoms with Crippen molar-refractivity contribution in [2.45, 2.75) is 18.3 Å². The van der Waals surface area contributed by atoms with Crippen molar-refractivity contribution in [1.29, 1.82) is 0 Å². The molecular formula is C23H30FN3O3. The topological polar surface area (TPSA) is 64.1 Å². The maximum atomic E-state index is 13.8. The zero-order chi connectivity index (χ0) is 21.2. The second-order valence-electron chi connectivity index (χ2n) is 7.28. The molecular weight excluding hydrogens is 385 g/mol. The van der Waals surface area contributed by atoms with Crippen LogP contribution in [-0.2, 0) is 10.2 Å². The summed E-state index contributed by atoms with van der Waals surface area (Å²) in [4.78, 5) is 4.30. The van der Waals surface area contributed by atoms with Crippen LogP contribution in [0.3, 0.4) is 0 Å². The Balaban J connectivity index is 1.51. The van der Waals surface area contributed by atoms with Crippen molar-refractivity contribution in [3.05, 3.63) is 59.9 Å². The Bertz CT molecular complexity index is 821. The number of nitrogens with zero attached hydrogens (tertiary/aromatic N) is 1. The van der Waals surface area contributed by atoms with Gasteiger partial charge in [0.1, 0.15) is 23.9 Å². The highest BCUT2D eigenvalue weighted by Gasteiger charge is 2.34. The fraction of sp³-hybridized carbons (Fsp3) is 0.435. The van der Waals surface area contributed by atoms with E-state index in [0.717, 1.165) is 29.9 Å². The summed E-state index contributed by atoms with van der Waals surface area (Å²) in [6.07, 6.45) is 1.67. The largest absolute Gasteiger partial charge is 0.497 e. The standard InChI is InChI=1S/C23H30FN3O3/c1-25-22(26-12-15-30-21-8-6-20(28-2)7-9-21)27-17-23(10-13-29-14-11-23)18-4-3-5-19(24)16-18/h3-9,16H,10-15,17H2,1-2H3,(H2,25,26,27). The van der Waals surface area contributed by atoms with Crippen LogP contribution in [-0.4, -0.2) is 53.0 Å². The van der Waals surface area contributed by atoms with Gasteiger partial charge in [0.15, 0.2) is 5.96 Å². The van der Waals surface area contributed by atoms with Crippen LogP contribution in [0.5, 0.6) is 11.5 Å². The zero-order valence-electron chi connectivity index (χ0n) is 17.6. The number of rotatable bonds is 8. The van der Waals surface area contributed by atoms with Crippen molar-refractivity contribution in [3.63, 3.8) is 0 Å². The van der Waals surface area contributed by atoms with Gasteiger partial charge in [-0.3, -0.25) is 4.99 Å². The van der Waals surface area contributed by atoms with Gasteiger partial charge in [0.2, 0.25) is 0 Å². The molecule has 0 amide bonds. The number of benzene rings is 2. The molecule has 2 N–H and O–H groups in total. The number of halogens is 1. The molecule has 0 aliphatic carbocycles. The van der Waals surface area contributed by atoms with Gasteiger partial charge in [-0.15, -0.1) is 0 Å². The molecule has 1 aliphatic heterocycles. The van der Waals surface area contributed by atoms with Crippen LogP contribution < -0.4 is 20.1 Å². The summed E-state index contributed by atoms with van der Waals surface area (Å²) in [6, 6.07) is 14.4. The van der Waals surface area contributed by atoms with Crippen molar-refractivity contribution in [2.24, 2.45) is 4.99 Å². The molecule has 1 saturated heterocycles. The maximum absolute atomic E-state index is 13.8. The molecule has 1 fully saturated rings. The number of ether oxygens (including phenoxy) is 3. The molecule has 1 aliphatic rings. The molecule has 0 spiro atoms. The summed E-state index contributed by atoms with van der Waals surface area (Å²) in [5, 5.41) is 6.67. The molecule has 0 bridgehead atoms. The molecule has 6 nitrogen and oxygen atoms in total. The highest BCUT2D eigenvalue weighted by molar-refractivity contribution is 5.79. The molecule has 162 valence electrons. The summed E-state index contributed by atoms with van der Waals surface area (Å²) in [5.41, 5.74) is 0.814. The van der Waals surface area contributed by atoms with E-state index >= 15 is 0 Å². The van der Waals surface area contributed by atoms with Crippen molar-refractivity contribution in [1.82, 2.24) is 10.6 Å². The Morgan fingerprint density at radius 1 is 1.10 bits per heavy atom. The van der Waals surface area contributed by atoms with Gasteiger partial charge >= 0.3 is 0 Å². The highest BCUT2D eigenvalue weighted by atomic mass is 19.1. The van der Waals surface area contributed by atoms with Crippen molar-refractivity contribution < 1.29 is 18.6 Å². The van der Waals surface area contributed by atoms with Crippen LogP contribution in [0.4, 0.5) is 4.39 Å². The predicted molar refractivity (Wildman–Crippen MR) is 116 cm³/mol. The first kappa shape index (κ1) is 21.9. The minimum atomic E-state index is -0.212. The van der Waals surface area contributed by atoms with Crippen LogP contribution in [0.15, 0.2) is 53.5 Å². The van der Waals surface area contributed by atoms with Gasteiger partial charge in [0, 0.05) is 32.2 Å². The quantitative estimate of drug-likeness (QED) is 0.394. The van der Waals surface area contributed by atoms with Gasteiger partial charge in [0.25, 0.3) is 0 Å². The number of methoxy groups -OCH3 is 1. The van der Waals surface area contributed by atoms with E-state index in [0.29, 0.717) is 38.9 Å². The molecule has 0 radical (unpaired) electrons. The third-order valence-electron chi connectivity index (χ3n) is 5.43. The van der Waals surface area contributed by atoms with Crippen LogP contribution in [0.1, 0.15) is 18.4 Å². The monoisotopic (exact) mass is 415 g/mol. The molecule has 2 aromatic carbocycles. The van der Waals surface area contributed by atoms with Gasteiger partial charge in [-0.05, 0) is 54.8 Å². The summed E-state index contributed by atoms with van der Waals surface area (Å²) >= 11 is 0. The molecule has 30 heavy (non-hydrogen) atoms. The first-order valence-electron chi connectivity index (χ1n) is 10.2. The van der Waals surface area contributed by atoms with E-state index in [1.165, 1.54) is 6.07 Å². The Hall–Kier alpha value is -2.80. The summed E-state index contributed by atoms with van der Waals surface area (Å²) < 4.78 is 30.3. The lowest BCUT2D eigenvalue weighted by Gasteiger charge is -2.38. The maximum Gasteiger partial charge on any atom is 0.191 e. The van der Waals surface area contributed by atoms with Gasteiger partial charge in [-0.2, -0.15) is 0 Å². The fourth-order valence-electron chi connectivity index (χ4n) is 3.63. The number of aliphatic imine (C=N–C) groups is 1. The molecule has 3 rings (SSSR count).